The lowest BCUT2D eigenvalue weighted by Crippen LogP contribution is -2.35. The standard InChI is InChI=1S/C14H28F2N2O2/c1-6-7-8-9-10-11-14(15,16)12(19-17-5)18-20-13(2,3)4/h17H,6-11H2,1-5H3/b18-12-. The number of hydrogen-bond acceptors (Lipinski definition) is 4. The first-order valence-electron chi connectivity index (χ1n) is 7.21. The van der Waals surface area contributed by atoms with Gasteiger partial charge in [-0.3, -0.25) is 0 Å². The fourth-order valence-corrected chi connectivity index (χ4v) is 1.49. The lowest BCUT2D eigenvalue weighted by atomic mass is 10.1. The monoisotopic (exact) mass is 294 g/mol. The van der Waals surface area contributed by atoms with Crippen LogP contribution in [0.1, 0.15) is 66.2 Å². The third-order valence-corrected chi connectivity index (χ3v) is 2.51. The van der Waals surface area contributed by atoms with Crippen molar-refractivity contribution in [3.05, 3.63) is 0 Å². The maximum Gasteiger partial charge on any atom is 0.327 e. The third-order valence-electron chi connectivity index (χ3n) is 2.51. The molecule has 0 saturated carbocycles. The van der Waals surface area contributed by atoms with E-state index in [0.29, 0.717) is 6.42 Å². The normalized spacial score (nSPS) is 13.4. The summed E-state index contributed by atoms with van der Waals surface area (Å²) in [5.74, 6) is -3.84. The predicted molar refractivity (Wildman–Crippen MR) is 76.7 cm³/mol. The second-order valence-corrected chi connectivity index (χ2v) is 5.77. The first-order chi connectivity index (χ1) is 9.23. The molecule has 0 amide bonds. The smallest absolute Gasteiger partial charge is 0.327 e. The van der Waals surface area contributed by atoms with E-state index in [9.17, 15) is 8.78 Å². The highest BCUT2D eigenvalue weighted by Crippen LogP contribution is 2.25. The number of alkyl halides is 2. The highest BCUT2D eigenvalue weighted by Gasteiger charge is 2.39. The van der Waals surface area contributed by atoms with E-state index in [-0.39, 0.29) is 6.42 Å². The molecule has 0 fully saturated rings. The Morgan fingerprint density at radius 3 is 2.20 bits per heavy atom. The van der Waals surface area contributed by atoms with E-state index in [0.717, 1.165) is 25.7 Å². The van der Waals surface area contributed by atoms with Gasteiger partial charge in [0.15, 0.2) is 0 Å². The summed E-state index contributed by atoms with van der Waals surface area (Å²) < 4.78 is 28.0. The molecule has 0 spiro atoms. The van der Waals surface area contributed by atoms with Gasteiger partial charge in [0.25, 0.3) is 0 Å². The van der Waals surface area contributed by atoms with Crippen LogP contribution in [0.4, 0.5) is 8.78 Å². The average Bonchev–Trinajstić information content (AvgIpc) is 2.32. The van der Waals surface area contributed by atoms with Crippen LogP contribution >= 0.6 is 0 Å². The molecule has 1 N–H and O–H groups in total. The maximum atomic E-state index is 14.0. The van der Waals surface area contributed by atoms with Crippen molar-refractivity contribution in [3.63, 3.8) is 0 Å². The van der Waals surface area contributed by atoms with Crippen molar-refractivity contribution >= 4 is 5.90 Å². The number of hydrogen-bond donors (Lipinski definition) is 1. The van der Waals surface area contributed by atoms with Gasteiger partial charge in [0.1, 0.15) is 5.60 Å². The molecule has 0 bridgehead atoms. The summed E-state index contributed by atoms with van der Waals surface area (Å²) in [6, 6.07) is 0. The topological polar surface area (TPSA) is 42.9 Å². The van der Waals surface area contributed by atoms with Crippen LogP contribution in [0.2, 0.25) is 0 Å². The maximum absolute atomic E-state index is 14.0. The molecule has 20 heavy (non-hydrogen) atoms. The summed E-state index contributed by atoms with van der Waals surface area (Å²) in [5, 5.41) is 3.45. The van der Waals surface area contributed by atoms with Crippen LogP contribution in [0.15, 0.2) is 5.16 Å². The molecular weight excluding hydrogens is 266 g/mol. The lowest BCUT2D eigenvalue weighted by molar-refractivity contribution is -0.0282. The van der Waals surface area contributed by atoms with Crippen LogP contribution in [-0.4, -0.2) is 24.5 Å². The molecule has 0 radical (unpaired) electrons. The van der Waals surface area contributed by atoms with Gasteiger partial charge in [0, 0.05) is 13.5 Å². The van der Waals surface area contributed by atoms with Gasteiger partial charge in [-0.25, -0.2) is 0 Å². The molecule has 0 heterocycles. The van der Waals surface area contributed by atoms with E-state index in [1.165, 1.54) is 7.05 Å². The Morgan fingerprint density at radius 2 is 1.70 bits per heavy atom. The van der Waals surface area contributed by atoms with Gasteiger partial charge in [-0.15, -0.1) is 0 Å². The molecule has 0 rings (SSSR count). The molecule has 120 valence electrons. The zero-order valence-corrected chi connectivity index (χ0v) is 13.3. The molecular formula is C14H28F2N2O2. The molecule has 0 aliphatic carbocycles. The fourth-order valence-electron chi connectivity index (χ4n) is 1.49. The summed E-state index contributed by atoms with van der Waals surface area (Å²) in [5.41, 5.74) is 1.59. The quantitative estimate of drug-likeness (QED) is 0.299. The van der Waals surface area contributed by atoms with Gasteiger partial charge in [0.05, 0.1) is 0 Å². The first kappa shape index (κ1) is 19.1. The Bertz CT molecular complexity index is 289. The zero-order chi connectivity index (χ0) is 15.6. The summed E-state index contributed by atoms with van der Waals surface area (Å²) in [4.78, 5) is 9.72. The molecule has 6 heteroatoms. The SMILES string of the molecule is CCCCCCCC(F)(F)/C(=N/OC(C)(C)C)ONC. The van der Waals surface area contributed by atoms with E-state index in [4.69, 9.17) is 9.68 Å². The van der Waals surface area contributed by atoms with Crippen LogP contribution in [0.5, 0.6) is 0 Å². The average molecular weight is 294 g/mol. The molecule has 0 saturated heterocycles. The first-order valence-corrected chi connectivity index (χ1v) is 7.21. The van der Waals surface area contributed by atoms with E-state index < -0.39 is 17.4 Å². The van der Waals surface area contributed by atoms with Crippen molar-refractivity contribution in [3.8, 4) is 0 Å². The third kappa shape index (κ3) is 9.07. The van der Waals surface area contributed by atoms with Gasteiger partial charge < -0.3 is 9.68 Å². The predicted octanol–water partition coefficient (Wildman–Crippen LogP) is 4.26. The van der Waals surface area contributed by atoms with Gasteiger partial charge in [-0.05, 0) is 32.3 Å². The minimum absolute atomic E-state index is 0.287. The van der Waals surface area contributed by atoms with Crippen LogP contribution in [0, 0.1) is 0 Å². The molecule has 0 aromatic carbocycles. The Kier molecular flexibility index (Phi) is 8.69. The van der Waals surface area contributed by atoms with E-state index in [1.54, 1.807) is 20.8 Å². The number of hydroxylamine groups is 1. The second kappa shape index (κ2) is 9.10. The Hall–Kier alpha value is -0.910. The molecule has 0 aromatic heterocycles. The van der Waals surface area contributed by atoms with Crippen molar-refractivity contribution in [1.29, 1.82) is 0 Å². The van der Waals surface area contributed by atoms with Gasteiger partial charge >= 0.3 is 11.8 Å². The van der Waals surface area contributed by atoms with Gasteiger partial charge in [-0.2, -0.15) is 14.3 Å². The number of nitrogens with one attached hydrogen (secondary N) is 1. The van der Waals surface area contributed by atoms with Crippen molar-refractivity contribution < 1.29 is 18.5 Å². The highest BCUT2D eigenvalue weighted by atomic mass is 19.3. The van der Waals surface area contributed by atoms with E-state index >= 15 is 0 Å². The van der Waals surface area contributed by atoms with Crippen LogP contribution in [-0.2, 0) is 9.68 Å². The highest BCUT2D eigenvalue weighted by molar-refractivity contribution is 5.82. The molecule has 0 unspecified atom stereocenters. The zero-order valence-electron chi connectivity index (χ0n) is 13.3. The summed E-state index contributed by atoms with van der Waals surface area (Å²) >= 11 is 0. The fraction of sp³-hybridized carbons (Fsp3) is 0.929. The lowest BCUT2D eigenvalue weighted by Gasteiger charge is -2.20. The molecule has 0 aromatic rings. The van der Waals surface area contributed by atoms with Crippen molar-refractivity contribution in [2.75, 3.05) is 7.05 Å². The number of nitrogens with zero attached hydrogens (tertiary/aromatic N) is 1. The van der Waals surface area contributed by atoms with Gasteiger partial charge in [-0.1, -0.05) is 32.6 Å². The van der Waals surface area contributed by atoms with E-state index in [1.807, 2.05) is 0 Å². The Balaban J connectivity index is 4.46. The minimum atomic E-state index is -3.12. The number of oxime groups is 1. The van der Waals surface area contributed by atoms with Crippen LogP contribution < -0.4 is 5.48 Å². The van der Waals surface area contributed by atoms with Gasteiger partial charge in [0.2, 0.25) is 0 Å². The summed E-state index contributed by atoms with van der Waals surface area (Å²) in [6.45, 7) is 7.28. The van der Waals surface area contributed by atoms with Crippen LogP contribution in [0.3, 0.4) is 0 Å². The molecule has 0 aliphatic heterocycles. The van der Waals surface area contributed by atoms with Crippen molar-refractivity contribution in [2.45, 2.75) is 77.7 Å². The van der Waals surface area contributed by atoms with Crippen LogP contribution in [0.25, 0.3) is 0 Å². The number of rotatable bonds is 9. The molecule has 0 atom stereocenters. The Morgan fingerprint density at radius 1 is 1.10 bits per heavy atom. The number of halogens is 2. The van der Waals surface area contributed by atoms with Crippen molar-refractivity contribution in [1.82, 2.24) is 5.48 Å². The van der Waals surface area contributed by atoms with Crippen molar-refractivity contribution in [2.24, 2.45) is 5.16 Å². The Labute approximate surface area is 120 Å². The minimum Gasteiger partial charge on any atom is -0.387 e. The number of unbranched alkanes of at least 4 members (excludes halogenated alkanes) is 4. The molecule has 4 nitrogen and oxygen atoms in total. The van der Waals surface area contributed by atoms with E-state index in [2.05, 4.69) is 17.6 Å². The second-order valence-electron chi connectivity index (χ2n) is 5.77. The largest absolute Gasteiger partial charge is 0.387 e. The summed E-state index contributed by atoms with van der Waals surface area (Å²) in [6.07, 6.45) is 4.08. The summed E-state index contributed by atoms with van der Waals surface area (Å²) in [7, 11) is 1.41. The molecule has 0 aliphatic rings.